The van der Waals surface area contributed by atoms with Crippen LogP contribution < -0.4 is 0 Å². The first kappa shape index (κ1) is 31.7. The van der Waals surface area contributed by atoms with Crippen LogP contribution in [0.2, 0.25) is 0 Å². The summed E-state index contributed by atoms with van der Waals surface area (Å²) in [5.74, 6) is -1.78. The number of benzene rings is 2. The third-order valence-corrected chi connectivity index (χ3v) is 12.1. The molecule has 3 saturated carbocycles. The van der Waals surface area contributed by atoms with Crippen molar-refractivity contribution in [2.24, 2.45) is 16.7 Å². The molecule has 6 rings (SSSR count). The molecule has 4 aliphatic carbocycles. The van der Waals surface area contributed by atoms with Gasteiger partial charge in [0.05, 0.1) is 17.1 Å². The molecule has 2 aromatic rings. The molecule has 45 heavy (non-hydrogen) atoms. The minimum absolute atomic E-state index is 0.00993. The van der Waals surface area contributed by atoms with Crippen LogP contribution >= 0.6 is 0 Å². The fraction of sp³-hybridized carbons (Fsp3) is 0.514. The Kier molecular flexibility index (Phi) is 7.88. The van der Waals surface area contributed by atoms with Crippen LogP contribution in [-0.4, -0.2) is 67.5 Å². The molecule has 0 heterocycles. The van der Waals surface area contributed by atoms with Crippen molar-refractivity contribution in [3.63, 3.8) is 0 Å². The highest BCUT2D eigenvalue weighted by Gasteiger charge is 2.81. The van der Waals surface area contributed by atoms with Crippen LogP contribution in [0.4, 0.5) is 0 Å². The van der Waals surface area contributed by atoms with E-state index in [1.807, 2.05) is 36.4 Å². The van der Waals surface area contributed by atoms with Crippen LogP contribution in [0, 0.1) is 16.7 Å². The second-order valence-electron chi connectivity index (χ2n) is 14.0. The van der Waals surface area contributed by atoms with Crippen LogP contribution in [-0.2, 0) is 14.3 Å². The van der Waals surface area contributed by atoms with Crippen molar-refractivity contribution in [1.29, 1.82) is 0 Å². The zero-order valence-electron chi connectivity index (χ0n) is 26.2. The maximum Gasteiger partial charge on any atom is 0.338 e. The monoisotopic (exact) mass is 616 g/mol. The van der Waals surface area contributed by atoms with Crippen molar-refractivity contribution in [2.75, 3.05) is 0 Å². The average Bonchev–Trinajstić information content (AvgIpc) is 3.26. The first-order valence-electron chi connectivity index (χ1n) is 16.0. The third kappa shape index (κ3) is 4.72. The third-order valence-electron chi connectivity index (χ3n) is 12.1. The molecule has 0 spiro atoms. The first-order valence-corrected chi connectivity index (χ1v) is 16.0. The lowest BCUT2D eigenvalue weighted by atomic mass is 9.42. The molecular formula is C37H44O8. The lowest BCUT2D eigenvalue weighted by Gasteiger charge is -2.67. The van der Waals surface area contributed by atoms with Crippen LogP contribution in [0.1, 0.15) is 81.6 Å². The van der Waals surface area contributed by atoms with Gasteiger partial charge < -0.3 is 29.9 Å². The summed E-state index contributed by atoms with van der Waals surface area (Å²) >= 11 is 0. The van der Waals surface area contributed by atoms with Crippen LogP contribution in [0.15, 0.2) is 78.4 Å². The summed E-state index contributed by atoms with van der Waals surface area (Å²) in [7, 11) is 0. The second kappa shape index (κ2) is 11.2. The summed E-state index contributed by atoms with van der Waals surface area (Å²) in [6.07, 6.45) is 4.27. The Balaban J connectivity index is 1.40. The molecule has 9 atom stereocenters. The Labute approximate surface area is 264 Å². The predicted octanol–water partition coefficient (Wildman–Crippen LogP) is 4.75. The maximum atomic E-state index is 13.4. The lowest BCUT2D eigenvalue weighted by molar-refractivity contribution is -0.326. The van der Waals surface area contributed by atoms with Gasteiger partial charge in [0.2, 0.25) is 0 Å². The van der Waals surface area contributed by atoms with E-state index in [9.17, 15) is 30.0 Å². The molecule has 240 valence electrons. The van der Waals surface area contributed by atoms with E-state index in [0.717, 1.165) is 11.1 Å². The van der Waals surface area contributed by atoms with Gasteiger partial charge in [-0.05, 0) is 81.1 Å². The molecular weight excluding hydrogens is 572 g/mol. The molecule has 2 aromatic carbocycles. The molecule has 8 heteroatoms. The van der Waals surface area contributed by atoms with E-state index >= 15 is 0 Å². The summed E-state index contributed by atoms with van der Waals surface area (Å²) < 4.78 is 12.1. The van der Waals surface area contributed by atoms with Crippen molar-refractivity contribution in [1.82, 2.24) is 0 Å². The molecule has 4 N–H and O–H groups in total. The van der Waals surface area contributed by atoms with Gasteiger partial charge in [0.25, 0.3) is 0 Å². The number of fused-ring (bicyclic) bond motifs is 5. The fourth-order valence-electron chi connectivity index (χ4n) is 9.30. The number of carbonyl (C=O) groups is 2. The standard InChI is InChI=1S/C37H44O8/c1-24(44-32(40)26-12-8-5-9-13-26)35(41)20-21-37(43)34(35,3)30(45-31(39)15-14-25-10-6-4-7-11-25)23-29-33(2)18-17-28(38)22-27(33)16-19-36(29,37)42/h4-16,24,28-30,38,41-43H,17-23H2,1-3H3/b15-14+/t24?,28-,29+,30+,33-,34+,35-,36-,37+/m0/s1. The largest absolute Gasteiger partial charge is 0.458 e. The van der Waals surface area contributed by atoms with Gasteiger partial charge >= 0.3 is 11.9 Å². The SMILES string of the molecule is CC(OC(=O)c1ccccc1)[C@@]1(O)CC[C@@]2(O)[C@]1(C)[C@H](OC(=O)/C=C/c1ccccc1)C[C@@H]1[C@@]3(C)CC[C@H](O)CC3=CC[C@]12O. The molecule has 1 unspecified atom stereocenters. The highest BCUT2D eigenvalue weighted by Crippen LogP contribution is 2.71. The molecule has 0 aliphatic heterocycles. The van der Waals surface area contributed by atoms with E-state index in [2.05, 4.69) is 6.92 Å². The summed E-state index contributed by atoms with van der Waals surface area (Å²) in [6.45, 7) is 5.31. The Hall–Kier alpha value is -3.30. The quantitative estimate of drug-likeness (QED) is 0.208. The molecule has 0 amide bonds. The van der Waals surface area contributed by atoms with Gasteiger partial charge in [-0.1, -0.05) is 74.0 Å². The summed E-state index contributed by atoms with van der Waals surface area (Å²) in [4.78, 5) is 26.6. The zero-order valence-corrected chi connectivity index (χ0v) is 26.2. The van der Waals surface area contributed by atoms with Gasteiger partial charge in [-0.15, -0.1) is 0 Å². The molecule has 3 fully saturated rings. The summed E-state index contributed by atoms with van der Waals surface area (Å²) in [5.41, 5.74) is -5.43. The minimum Gasteiger partial charge on any atom is -0.458 e. The van der Waals surface area contributed by atoms with E-state index < -0.39 is 63.8 Å². The smallest absolute Gasteiger partial charge is 0.338 e. The lowest BCUT2D eigenvalue weighted by Crippen LogP contribution is -2.78. The van der Waals surface area contributed by atoms with Crippen molar-refractivity contribution in [3.8, 4) is 0 Å². The number of carbonyl (C=O) groups excluding carboxylic acids is 2. The van der Waals surface area contributed by atoms with Crippen molar-refractivity contribution < 1.29 is 39.5 Å². The van der Waals surface area contributed by atoms with Gasteiger partial charge in [-0.3, -0.25) is 0 Å². The maximum absolute atomic E-state index is 13.4. The highest BCUT2D eigenvalue weighted by molar-refractivity contribution is 5.89. The Bertz CT molecular complexity index is 1500. The van der Waals surface area contributed by atoms with Gasteiger partial charge in [0.1, 0.15) is 29.0 Å². The molecule has 4 aliphatic rings. The Morgan fingerprint density at radius 1 is 0.956 bits per heavy atom. The van der Waals surface area contributed by atoms with Crippen LogP contribution in [0.5, 0.6) is 0 Å². The van der Waals surface area contributed by atoms with Gasteiger partial charge in [0, 0.05) is 12.0 Å². The normalized spacial score (nSPS) is 39.6. The van der Waals surface area contributed by atoms with E-state index in [1.54, 1.807) is 50.3 Å². The summed E-state index contributed by atoms with van der Waals surface area (Å²) in [6, 6.07) is 17.8. The average molecular weight is 617 g/mol. The number of aliphatic hydroxyl groups is 4. The molecule has 0 aromatic heterocycles. The van der Waals surface area contributed by atoms with E-state index in [4.69, 9.17) is 9.47 Å². The second-order valence-corrected chi connectivity index (χ2v) is 14.0. The van der Waals surface area contributed by atoms with E-state index in [1.165, 1.54) is 6.08 Å². The van der Waals surface area contributed by atoms with Crippen molar-refractivity contribution >= 4 is 18.0 Å². The first-order chi connectivity index (χ1) is 21.3. The van der Waals surface area contributed by atoms with Gasteiger partial charge in [-0.25, -0.2) is 9.59 Å². The van der Waals surface area contributed by atoms with Gasteiger partial charge in [-0.2, -0.15) is 0 Å². The number of hydrogen-bond acceptors (Lipinski definition) is 8. The Morgan fingerprint density at radius 3 is 2.31 bits per heavy atom. The number of hydrogen-bond donors (Lipinski definition) is 4. The number of esters is 2. The fourth-order valence-corrected chi connectivity index (χ4v) is 9.30. The molecule has 0 radical (unpaired) electrons. The molecule has 0 saturated heterocycles. The topological polar surface area (TPSA) is 134 Å². The summed E-state index contributed by atoms with van der Waals surface area (Å²) in [5, 5.41) is 48.6. The molecule has 8 nitrogen and oxygen atoms in total. The Morgan fingerprint density at radius 2 is 1.62 bits per heavy atom. The van der Waals surface area contributed by atoms with Crippen molar-refractivity contribution in [3.05, 3.63) is 89.5 Å². The van der Waals surface area contributed by atoms with Crippen molar-refractivity contribution in [2.45, 2.75) is 101 Å². The number of aliphatic hydroxyl groups excluding tert-OH is 1. The van der Waals surface area contributed by atoms with Gasteiger partial charge in [0.15, 0.2) is 0 Å². The zero-order chi connectivity index (χ0) is 32.3. The highest BCUT2D eigenvalue weighted by atomic mass is 16.6. The van der Waals surface area contributed by atoms with E-state index in [0.29, 0.717) is 24.8 Å². The van der Waals surface area contributed by atoms with E-state index in [-0.39, 0.29) is 25.7 Å². The number of rotatable bonds is 6. The number of ether oxygens (including phenoxy) is 2. The van der Waals surface area contributed by atoms with Crippen LogP contribution in [0.3, 0.4) is 0 Å². The minimum atomic E-state index is -1.90. The predicted molar refractivity (Wildman–Crippen MR) is 168 cm³/mol. The van der Waals surface area contributed by atoms with Crippen LogP contribution in [0.25, 0.3) is 6.08 Å². The molecule has 0 bridgehead atoms.